The standard InChI is InChI=1S/C25H24N2O2S/c1-18-13-20(16-26)9-10-24(18)21-6-3-5-19(14-21)15-22-7-4-8-23-17-27(30(2,28)29)12-11-25(22)23/h3-10,13-14H,11-12,15,17H2,1-2H3. The Morgan fingerprint density at radius 2 is 1.87 bits per heavy atom. The summed E-state index contributed by atoms with van der Waals surface area (Å²) >= 11 is 0. The number of nitrogens with zero attached hydrogens (tertiary/aromatic N) is 2. The van der Waals surface area contributed by atoms with Gasteiger partial charge < -0.3 is 0 Å². The lowest BCUT2D eigenvalue weighted by atomic mass is 9.90. The first-order valence-corrected chi connectivity index (χ1v) is 11.8. The first-order chi connectivity index (χ1) is 14.3. The Morgan fingerprint density at radius 3 is 2.60 bits per heavy atom. The minimum atomic E-state index is -3.17. The summed E-state index contributed by atoms with van der Waals surface area (Å²) < 4.78 is 25.4. The van der Waals surface area contributed by atoms with Crippen molar-refractivity contribution >= 4 is 10.0 Å². The van der Waals surface area contributed by atoms with Crippen LogP contribution in [0.25, 0.3) is 11.1 Å². The number of fused-ring (bicyclic) bond motifs is 1. The van der Waals surface area contributed by atoms with E-state index in [0.29, 0.717) is 18.7 Å². The van der Waals surface area contributed by atoms with E-state index >= 15 is 0 Å². The third-order valence-electron chi connectivity index (χ3n) is 5.79. The van der Waals surface area contributed by atoms with Crippen LogP contribution in [0, 0.1) is 18.3 Å². The number of hydrogen-bond donors (Lipinski definition) is 0. The van der Waals surface area contributed by atoms with Crippen LogP contribution in [0.2, 0.25) is 0 Å². The zero-order valence-corrected chi connectivity index (χ0v) is 18.0. The van der Waals surface area contributed by atoms with Crippen molar-refractivity contribution in [3.8, 4) is 17.2 Å². The third kappa shape index (κ3) is 4.16. The summed E-state index contributed by atoms with van der Waals surface area (Å²) in [6.07, 6.45) is 2.83. The molecule has 0 amide bonds. The maximum Gasteiger partial charge on any atom is 0.211 e. The fourth-order valence-corrected chi connectivity index (χ4v) is 5.03. The van der Waals surface area contributed by atoms with Crippen molar-refractivity contribution in [2.75, 3.05) is 12.8 Å². The van der Waals surface area contributed by atoms with E-state index in [2.05, 4.69) is 36.4 Å². The summed E-state index contributed by atoms with van der Waals surface area (Å²) in [6.45, 7) is 3.02. The highest BCUT2D eigenvalue weighted by Crippen LogP contribution is 2.28. The van der Waals surface area contributed by atoms with E-state index in [9.17, 15) is 8.42 Å². The van der Waals surface area contributed by atoms with Gasteiger partial charge in [0.15, 0.2) is 0 Å². The number of aryl methyl sites for hydroxylation is 1. The summed E-state index contributed by atoms with van der Waals surface area (Å²) in [7, 11) is -3.17. The normalized spacial score (nSPS) is 14.2. The van der Waals surface area contributed by atoms with Gasteiger partial charge in [-0.15, -0.1) is 0 Å². The van der Waals surface area contributed by atoms with Crippen LogP contribution in [0.5, 0.6) is 0 Å². The van der Waals surface area contributed by atoms with E-state index < -0.39 is 10.0 Å². The van der Waals surface area contributed by atoms with Crippen molar-refractivity contribution in [2.24, 2.45) is 0 Å². The molecule has 4 nitrogen and oxygen atoms in total. The van der Waals surface area contributed by atoms with Gasteiger partial charge in [-0.05, 0) is 70.8 Å². The molecule has 0 N–H and O–H groups in total. The number of rotatable bonds is 4. The molecule has 152 valence electrons. The molecule has 0 spiro atoms. The highest BCUT2D eigenvalue weighted by atomic mass is 32.2. The smallest absolute Gasteiger partial charge is 0.211 e. The van der Waals surface area contributed by atoms with E-state index in [-0.39, 0.29) is 0 Å². The summed E-state index contributed by atoms with van der Waals surface area (Å²) in [5.74, 6) is 0. The third-order valence-corrected chi connectivity index (χ3v) is 7.03. The number of sulfonamides is 1. The minimum absolute atomic E-state index is 0.451. The van der Waals surface area contributed by atoms with Crippen LogP contribution >= 0.6 is 0 Å². The molecule has 30 heavy (non-hydrogen) atoms. The predicted octanol–water partition coefficient (Wildman–Crippen LogP) is 4.44. The van der Waals surface area contributed by atoms with E-state index in [0.717, 1.165) is 35.1 Å². The zero-order chi connectivity index (χ0) is 21.3. The van der Waals surface area contributed by atoms with Gasteiger partial charge >= 0.3 is 0 Å². The second-order valence-electron chi connectivity index (χ2n) is 7.92. The molecule has 4 rings (SSSR count). The Hall–Kier alpha value is -2.94. The van der Waals surface area contributed by atoms with E-state index in [1.54, 1.807) is 4.31 Å². The Labute approximate surface area is 178 Å². The monoisotopic (exact) mass is 416 g/mol. The van der Waals surface area contributed by atoms with Crippen molar-refractivity contribution in [3.05, 3.63) is 94.0 Å². The molecule has 1 aliphatic rings. The molecule has 0 saturated heterocycles. The van der Waals surface area contributed by atoms with Crippen LogP contribution in [-0.2, 0) is 29.4 Å². The topological polar surface area (TPSA) is 61.2 Å². The van der Waals surface area contributed by atoms with Crippen LogP contribution < -0.4 is 0 Å². The molecule has 1 aliphatic heterocycles. The first-order valence-electron chi connectivity index (χ1n) is 10.00. The molecule has 5 heteroatoms. The van der Waals surface area contributed by atoms with Gasteiger partial charge in [0.2, 0.25) is 10.0 Å². The molecule has 0 saturated carbocycles. The van der Waals surface area contributed by atoms with Gasteiger partial charge in [0.1, 0.15) is 0 Å². The highest BCUT2D eigenvalue weighted by molar-refractivity contribution is 7.88. The zero-order valence-electron chi connectivity index (χ0n) is 17.2. The lowest BCUT2D eigenvalue weighted by Crippen LogP contribution is -2.35. The van der Waals surface area contributed by atoms with Crippen LogP contribution in [0.1, 0.15) is 33.4 Å². The maximum atomic E-state index is 11.9. The van der Waals surface area contributed by atoms with Gasteiger partial charge in [0.05, 0.1) is 17.9 Å². The second-order valence-corrected chi connectivity index (χ2v) is 9.90. The number of benzene rings is 3. The largest absolute Gasteiger partial charge is 0.212 e. The highest BCUT2D eigenvalue weighted by Gasteiger charge is 2.24. The van der Waals surface area contributed by atoms with Gasteiger partial charge in [-0.3, -0.25) is 0 Å². The molecule has 0 atom stereocenters. The molecule has 3 aromatic carbocycles. The molecule has 0 bridgehead atoms. The molecule has 0 fully saturated rings. The van der Waals surface area contributed by atoms with Crippen LogP contribution in [-0.4, -0.2) is 25.5 Å². The predicted molar refractivity (Wildman–Crippen MR) is 120 cm³/mol. The van der Waals surface area contributed by atoms with E-state index in [1.165, 1.54) is 22.9 Å². The van der Waals surface area contributed by atoms with Crippen LogP contribution in [0.15, 0.2) is 60.7 Å². The Bertz CT molecular complexity index is 1260. The van der Waals surface area contributed by atoms with Crippen molar-refractivity contribution in [1.82, 2.24) is 4.31 Å². The van der Waals surface area contributed by atoms with Gasteiger partial charge in [-0.25, -0.2) is 8.42 Å². The molecular weight excluding hydrogens is 392 g/mol. The molecule has 0 radical (unpaired) electrons. The summed E-state index contributed by atoms with van der Waals surface area (Å²) in [5.41, 5.74) is 8.89. The van der Waals surface area contributed by atoms with E-state index in [1.807, 2.05) is 37.3 Å². The van der Waals surface area contributed by atoms with Gasteiger partial charge in [-0.1, -0.05) is 48.5 Å². The van der Waals surface area contributed by atoms with Crippen molar-refractivity contribution in [1.29, 1.82) is 5.26 Å². The molecule has 0 unspecified atom stereocenters. The second kappa shape index (κ2) is 8.06. The lowest BCUT2D eigenvalue weighted by Gasteiger charge is -2.28. The average molecular weight is 417 g/mol. The molecule has 0 aliphatic carbocycles. The first kappa shape index (κ1) is 20.3. The average Bonchev–Trinajstić information content (AvgIpc) is 2.73. The quantitative estimate of drug-likeness (QED) is 0.632. The maximum absolute atomic E-state index is 11.9. The molecular formula is C25H24N2O2S. The number of hydrogen-bond acceptors (Lipinski definition) is 3. The number of nitriles is 1. The Morgan fingerprint density at radius 1 is 1.07 bits per heavy atom. The van der Waals surface area contributed by atoms with Crippen molar-refractivity contribution in [3.63, 3.8) is 0 Å². The van der Waals surface area contributed by atoms with Gasteiger partial charge in [0, 0.05) is 13.1 Å². The molecule has 3 aromatic rings. The van der Waals surface area contributed by atoms with Gasteiger partial charge in [0.25, 0.3) is 0 Å². The summed E-state index contributed by atoms with van der Waals surface area (Å²) in [5, 5.41) is 9.10. The van der Waals surface area contributed by atoms with Crippen molar-refractivity contribution in [2.45, 2.75) is 26.3 Å². The summed E-state index contributed by atoms with van der Waals surface area (Å²) in [6, 6.07) is 22.7. The fourth-order valence-electron chi connectivity index (χ4n) is 4.24. The SMILES string of the molecule is Cc1cc(C#N)ccc1-c1cccc(Cc2cccc3c2CCN(S(C)(=O)=O)C3)c1. The Balaban J connectivity index is 1.63. The molecule has 1 heterocycles. The van der Waals surface area contributed by atoms with Crippen molar-refractivity contribution < 1.29 is 8.42 Å². The summed E-state index contributed by atoms with van der Waals surface area (Å²) in [4.78, 5) is 0. The van der Waals surface area contributed by atoms with Crippen LogP contribution in [0.3, 0.4) is 0 Å². The fraction of sp³-hybridized carbons (Fsp3) is 0.240. The lowest BCUT2D eigenvalue weighted by molar-refractivity contribution is 0.394. The Kier molecular flexibility index (Phi) is 5.46. The van der Waals surface area contributed by atoms with Gasteiger partial charge in [-0.2, -0.15) is 9.57 Å². The molecule has 0 aromatic heterocycles. The van der Waals surface area contributed by atoms with E-state index in [4.69, 9.17) is 5.26 Å². The van der Waals surface area contributed by atoms with Crippen LogP contribution in [0.4, 0.5) is 0 Å². The minimum Gasteiger partial charge on any atom is -0.212 e.